The molecule has 0 spiro atoms. The summed E-state index contributed by atoms with van der Waals surface area (Å²) < 4.78 is 0. The molecular weight excluding hydrogens is 226 g/mol. The van der Waals surface area contributed by atoms with E-state index < -0.39 is 0 Å². The first-order valence-electron chi connectivity index (χ1n) is 6.54. The molecular formula is C14H17N3O. The second-order valence-corrected chi connectivity index (χ2v) is 5.79. The molecule has 0 aliphatic carbocycles. The van der Waals surface area contributed by atoms with Crippen LogP contribution in [0.2, 0.25) is 0 Å². The van der Waals surface area contributed by atoms with Crippen LogP contribution in [0, 0.1) is 5.92 Å². The zero-order chi connectivity index (χ0) is 12.2. The maximum atomic E-state index is 9.48. The van der Waals surface area contributed by atoms with E-state index in [1.54, 1.807) is 0 Å². The van der Waals surface area contributed by atoms with Crippen molar-refractivity contribution < 1.29 is 5.21 Å². The van der Waals surface area contributed by atoms with Gasteiger partial charge >= 0.3 is 0 Å². The number of piperidine rings is 2. The zero-order valence-electron chi connectivity index (χ0n) is 10.3. The van der Waals surface area contributed by atoms with Crippen molar-refractivity contribution in [3.8, 4) is 0 Å². The lowest BCUT2D eigenvalue weighted by atomic mass is 9.65. The highest BCUT2D eigenvalue weighted by Crippen LogP contribution is 2.42. The summed E-state index contributed by atoms with van der Waals surface area (Å²) in [6.07, 6.45) is 0. The molecule has 1 aromatic rings. The standard InChI is InChI=1S/C14H17N3O/c18-15-13-11-6-16-8-14(13,9-17(7-11)10-16)12-4-2-1-3-5-12/h1-5,11,18H,6-10H2/b15-13+. The summed E-state index contributed by atoms with van der Waals surface area (Å²) in [6, 6.07) is 10.5. The Morgan fingerprint density at radius 2 is 1.78 bits per heavy atom. The highest BCUT2D eigenvalue weighted by Gasteiger charge is 2.55. The Morgan fingerprint density at radius 3 is 2.39 bits per heavy atom. The number of rotatable bonds is 1. The van der Waals surface area contributed by atoms with Crippen LogP contribution in [-0.2, 0) is 5.41 Å². The predicted molar refractivity (Wildman–Crippen MR) is 68.8 cm³/mol. The van der Waals surface area contributed by atoms with E-state index in [0.29, 0.717) is 5.92 Å². The summed E-state index contributed by atoms with van der Waals surface area (Å²) in [5.74, 6) is 0.395. The molecule has 1 aromatic carbocycles. The van der Waals surface area contributed by atoms with Crippen LogP contribution >= 0.6 is 0 Å². The van der Waals surface area contributed by atoms with Crippen molar-refractivity contribution >= 4 is 5.71 Å². The van der Waals surface area contributed by atoms with Gasteiger partial charge in [0.05, 0.1) is 17.8 Å². The molecule has 4 fully saturated rings. The Kier molecular flexibility index (Phi) is 2.08. The van der Waals surface area contributed by atoms with Crippen LogP contribution in [0.3, 0.4) is 0 Å². The van der Waals surface area contributed by atoms with Crippen molar-refractivity contribution in [3.63, 3.8) is 0 Å². The van der Waals surface area contributed by atoms with Gasteiger partial charge in [-0.1, -0.05) is 35.5 Å². The van der Waals surface area contributed by atoms with E-state index in [9.17, 15) is 5.21 Å². The molecule has 4 nitrogen and oxygen atoms in total. The minimum atomic E-state index is -0.0879. The molecule has 0 amide bonds. The number of benzene rings is 1. The van der Waals surface area contributed by atoms with Crippen LogP contribution in [0.1, 0.15) is 5.56 Å². The van der Waals surface area contributed by atoms with Gasteiger partial charge in [-0.05, 0) is 5.56 Å². The summed E-state index contributed by atoms with van der Waals surface area (Å²) in [5.41, 5.74) is 2.20. The van der Waals surface area contributed by atoms with Crippen LogP contribution in [0.15, 0.2) is 35.5 Å². The van der Waals surface area contributed by atoms with E-state index in [0.717, 1.165) is 38.6 Å². The van der Waals surface area contributed by atoms with Gasteiger partial charge in [-0.25, -0.2) is 0 Å². The molecule has 4 aliphatic rings. The Bertz CT molecular complexity index is 485. The Morgan fingerprint density at radius 1 is 1.11 bits per heavy atom. The molecule has 1 N–H and O–H groups in total. The molecule has 18 heavy (non-hydrogen) atoms. The van der Waals surface area contributed by atoms with E-state index in [4.69, 9.17) is 0 Å². The first-order valence-corrected chi connectivity index (χ1v) is 6.54. The topological polar surface area (TPSA) is 39.1 Å². The number of nitrogens with zero attached hydrogens (tertiary/aromatic N) is 3. The third-order valence-corrected chi connectivity index (χ3v) is 4.66. The third kappa shape index (κ3) is 1.25. The molecule has 4 heterocycles. The van der Waals surface area contributed by atoms with E-state index in [2.05, 4.69) is 39.2 Å². The molecule has 4 saturated heterocycles. The fourth-order valence-corrected chi connectivity index (χ4v) is 4.11. The summed E-state index contributed by atoms with van der Waals surface area (Å²) >= 11 is 0. The second-order valence-electron chi connectivity index (χ2n) is 5.79. The smallest absolute Gasteiger partial charge is 0.0758 e. The highest BCUT2D eigenvalue weighted by atomic mass is 16.4. The van der Waals surface area contributed by atoms with Gasteiger partial charge in [0.2, 0.25) is 0 Å². The van der Waals surface area contributed by atoms with Crippen molar-refractivity contribution in [3.05, 3.63) is 35.9 Å². The lowest BCUT2D eigenvalue weighted by Gasteiger charge is -2.59. The molecule has 4 heteroatoms. The summed E-state index contributed by atoms with van der Waals surface area (Å²) in [4.78, 5) is 4.97. The molecule has 4 bridgehead atoms. The van der Waals surface area contributed by atoms with E-state index >= 15 is 0 Å². The zero-order valence-corrected chi connectivity index (χ0v) is 10.3. The summed E-state index contributed by atoms with van der Waals surface area (Å²) in [7, 11) is 0. The number of oxime groups is 1. The minimum absolute atomic E-state index is 0.0879. The van der Waals surface area contributed by atoms with E-state index in [1.807, 2.05) is 6.07 Å². The second kappa shape index (κ2) is 3.56. The first kappa shape index (κ1) is 10.5. The van der Waals surface area contributed by atoms with Gasteiger partial charge in [0.15, 0.2) is 0 Å². The van der Waals surface area contributed by atoms with Crippen molar-refractivity contribution in [2.24, 2.45) is 11.1 Å². The molecule has 94 valence electrons. The van der Waals surface area contributed by atoms with Gasteiger partial charge in [-0.15, -0.1) is 0 Å². The maximum absolute atomic E-state index is 9.48. The van der Waals surface area contributed by atoms with Gasteiger partial charge in [0.1, 0.15) is 0 Å². The van der Waals surface area contributed by atoms with Crippen LogP contribution < -0.4 is 0 Å². The quantitative estimate of drug-likeness (QED) is 0.590. The third-order valence-electron chi connectivity index (χ3n) is 4.66. The number of hydrogen-bond donors (Lipinski definition) is 1. The fourth-order valence-electron chi connectivity index (χ4n) is 4.11. The molecule has 0 radical (unpaired) electrons. The van der Waals surface area contributed by atoms with Crippen molar-refractivity contribution in [1.82, 2.24) is 9.80 Å². The van der Waals surface area contributed by atoms with Gasteiger partial charge in [0, 0.05) is 32.1 Å². The minimum Gasteiger partial charge on any atom is -0.411 e. The average molecular weight is 243 g/mol. The van der Waals surface area contributed by atoms with Gasteiger partial charge in [-0.2, -0.15) is 0 Å². The molecule has 2 unspecified atom stereocenters. The Hall–Kier alpha value is -1.39. The van der Waals surface area contributed by atoms with Gasteiger partial charge < -0.3 is 5.21 Å². The monoisotopic (exact) mass is 243 g/mol. The molecule has 5 rings (SSSR count). The molecule has 0 saturated carbocycles. The van der Waals surface area contributed by atoms with Crippen LogP contribution in [0.5, 0.6) is 0 Å². The van der Waals surface area contributed by atoms with Crippen molar-refractivity contribution in [2.45, 2.75) is 5.41 Å². The predicted octanol–water partition coefficient (Wildman–Crippen LogP) is 0.973. The normalized spacial score (nSPS) is 43.6. The molecule has 4 aliphatic heterocycles. The van der Waals surface area contributed by atoms with Crippen molar-refractivity contribution in [1.29, 1.82) is 0 Å². The average Bonchev–Trinajstić information content (AvgIpc) is 2.39. The van der Waals surface area contributed by atoms with E-state index in [1.165, 1.54) is 5.56 Å². The van der Waals surface area contributed by atoms with Crippen LogP contribution in [-0.4, -0.2) is 53.6 Å². The largest absolute Gasteiger partial charge is 0.411 e. The molecule has 0 aromatic heterocycles. The lowest BCUT2D eigenvalue weighted by molar-refractivity contribution is -0.0250. The Labute approximate surface area is 106 Å². The Balaban J connectivity index is 1.87. The maximum Gasteiger partial charge on any atom is 0.0758 e. The summed E-state index contributed by atoms with van der Waals surface area (Å²) in [6.45, 7) is 5.14. The van der Waals surface area contributed by atoms with E-state index in [-0.39, 0.29) is 5.41 Å². The van der Waals surface area contributed by atoms with Crippen molar-refractivity contribution in [2.75, 3.05) is 32.8 Å². The van der Waals surface area contributed by atoms with Crippen LogP contribution in [0.25, 0.3) is 0 Å². The number of hydrogen-bond acceptors (Lipinski definition) is 4. The van der Waals surface area contributed by atoms with Gasteiger partial charge in [0.25, 0.3) is 0 Å². The SMILES string of the molecule is O/N=C1\C2CN3CN(C2)CC1(c1ccccc1)C3. The fraction of sp³-hybridized carbons (Fsp3) is 0.500. The van der Waals surface area contributed by atoms with Gasteiger partial charge in [-0.3, -0.25) is 9.80 Å². The molecule has 2 atom stereocenters. The lowest BCUT2D eigenvalue weighted by Crippen LogP contribution is -2.73. The highest BCUT2D eigenvalue weighted by molar-refractivity contribution is 5.99. The first-order chi connectivity index (χ1) is 8.82. The van der Waals surface area contributed by atoms with Crippen LogP contribution in [0.4, 0.5) is 0 Å². The summed E-state index contributed by atoms with van der Waals surface area (Å²) in [5, 5.41) is 13.2.